The molecule has 0 aliphatic carbocycles. The smallest absolute Gasteiger partial charge is 0.0451 e. The van der Waals surface area contributed by atoms with Crippen LogP contribution in [0.25, 0.3) is 10.8 Å². The van der Waals surface area contributed by atoms with Gasteiger partial charge in [-0.15, -0.1) is 0 Å². The van der Waals surface area contributed by atoms with Crippen LogP contribution in [0.1, 0.15) is 24.1 Å². The molecule has 2 N–H and O–H groups in total. The van der Waals surface area contributed by atoms with Crippen molar-refractivity contribution in [2.45, 2.75) is 26.2 Å². The van der Waals surface area contributed by atoms with Gasteiger partial charge in [0.1, 0.15) is 0 Å². The Bertz CT molecular complexity index is 477. The van der Waals surface area contributed by atoms with Crippen molar-refractivity contribution in [3.63, 3.8) is 0 Å². The van der Waals surface area contributed by atoms with Gasteiger partial charge in [0.15, 0.2) is 0 Å². The largest absolute Gasteiger partial charge is 0.330 e. The summed E-state index contributed by atoms with van der Waals surface area (Å²) in [6, 6.07) is 8.71. The maximum Gasteiger partial charge on any atom is 0.0451 e. The highest BCUT2D eigenvalue weighted by Crippen LogP contribution is 2.19. The van der Waals surface area contributed by atoms with Crippen LogP contribution in [0.3, 0.4) is 0 Å². The van der Waals surface area contributed by atoms with E-state index in [9.17, 15) is 0 Å². The highest BCUT2D eigenvalue weighted by Gasteiger charge is 1.99. The number of aryl methyl sites for hydroxylation is 2. The molecule has 2 rings (SSSR count). The molecule has 1 aromatic carbocycles. The molecule has 2 nitrogen and oxygen atoms in total. The number of pyridine rings is 1. The summed E-state index contributed by atoms with van der Waals surface area (Å²) in [6.45, 7) is 2.85. The van der Waals surface area contributed by atoms with Crippen LogP contribution in [-0.4, -0.2) is 11.5 Å². The van der Waals surface area contributed by atoms with Gasteiger partial charge in [-0.1, -0.05) is 12.1 Å². The van der Waals surface area contributed by atoms with Crippen LogP contribution in [0.4, 0.5) is 0 Å². The predicted molar refractivity (Wildman–Crippen MR) is 68.5 cm³/mol. The molecule has 0 atom stereocenters. The van der Waals surface area contributed by atoms with Crippen molar-refractivity contribution < 1.29 is 0 Å². The molecule has 0 aliphatic rings. The zero-order valence-electron chi connectivity index (χ0n) is 9.74. The summed E-state index contributed by atoms with van der Waals surface area (Å²) in [4.78, 5) is 4.32. The summed E-state index contributed by atoms with van der Waals surface area (Å²) in [5.74, 6) is 0. The number of rotatable bonds is 4. The highest BCUT2D eigenvalue weighted by atomic mass is 14.7. The standard InChI is InChI=1S/C14H18N2/c1-11-14-10-12(4-2-3-8-15)5-6-13(14)7-9-16-11/h5-7,9-10H,2-4,8,15H2,1H3. The predicted octanol–water partition coefficient (Wildman–Crippen LogP) is 2.82. The molecule has 0 amide bonds. The zero-order valence-corrected chi connectivity index (χ0v) is 9.74. The first-order chi connectivity index (χ1) is 7.81. The van der Waals surface area contributed by atoms with E-state index in [0.717, 1.165) is 25.1 Å². The molecule has 1 aromatic heterocycles. The summed E-state index contributed by atoms with van der Waals surface area (Å²) in [7, 11) is 0. The van der Waals surface area contributed by atoms with Crippen molar-refractivity contribution in [3.8, 4) is 0 Å². The number of hydrogen-bond donors (Lipinski definition) is 1. The first-order valence-electron chi connectivity index (χ1n) is 5.85. The summed E-state index contributed by atoms with van der Waals surface area (Å²) < 4.78 is 0. The second kappa shape index (κ2) is 5.08. The van der Waals surface area contributed by atoms with Crippen LogP contribution in [0.15, 0.2) is 30.5 Å². The van der Waals surface area contributed by atoms with Gasteiger partial charge in [0.2, 0.25) is 0 Å². The lowest BCUT2D eigenvalue weighted by atomic mass is 10.0. The zero-order chi connectivity index (χ0) is 11.4. The molecule has 0 saturated carbocycles. The third kappa shape index (κ3) is 2.39. The summed E-state index contributed by atoms with van der Waals surface area (Å²) >= 11 is 0. The third-order valence-corrected chi connectivity index (χ3v) is 2.95. The first kappa shape index (κ1) is 11.1. The molecule has 0 spiro atoms. The van der Waals surface area contributed by atoms with Crippen LogP contribution in [-0.2, 0) is 6.42 Å². The van der Waals surface area contributed by atoms with E-state index in [1.54, 1.807) is 0 Å². The molecule has 2 aromatic rings. The minimum Gasteiger partial charge on any atom is -0.330 e. The van der Waals surface area contributed by atoms with Crippen LogP contribution < -0.4 is 5.73 Å². The Hall–Kier alpha value is -1.41. The molecule has 0 saturated heterocycles. The first-order valence-corrected chi connectivity index (χ1v) is 5.85. The Morgan fingerprint density at radius 3 is 2.88 bits per heavy atom. The van der Waals surface area contributed by atoms with Gasteiger partial charge in [-0.2, -0.15) is 0 Å². The van der Waals surface area contributed by atoms with Gasteiger partial charge >= 0.3 is 0 Å². The maximum atomic E-state index is 5.50. The number of benzene rings is 1. The number of unbranched alkanes of at least 4 members (excludes halogenated alkanes) is 1. The fraction of sp³-hybridized carbons (Fsp3) is 0.357. The topological polar surface area (TPSA) is 38.9 Å². The van der Waals surface area contributed by atoms with Crippen molar-refractivity contribution in [2.75, 3.05) is 6.54 Å². The van der Waals surface area contributed by atoms with Gasteiger partial charge in [0.25, 0.3) is 0 Å². The van der Waals surface area contributed by atoms with E-state index < -0.39 is 0 Å². The van der Waals surface area contributed by atoms with Crippen LogP contribution in [0, 0.1) is 6.92 Å². The Morgan fingerprint density at radius 2 is 2.06 bits per heavy atom. The van der Waals surface area contributed by atoms with Crippen molar-refractivity contribution in [1.29, 1.82) is 0 Å². The molecule has 0 bridgehead atoms. The van der Waals surface area contributed by atoms with E-state index in [1.165, 1.54) is 22.8 Å². The minimum absolute atomic E-state index is 0.786. The van der Waals surface area contributed by atoms with Crippen molar-refractivity contribution in [1.82, 2.24) is 4.98 Å². The lowest BCUT2D eigenvalue weighted by molar-refractivity contribution is 0.745. The van der Waals surface area contributed by atoms with Crippen molar-refractivity contribution in [3.05, 3.63) is 41.7 Å². The Balaban J connectivity index is 2.25. The number of nitrogens with two attached hydrogens (primary N) is 1. The average molecular weight is 214 g/mol. The van der Waals surface area contributed by atoms with Crippen molar-refractivity contribution in [2.24, 2.45) is 5.73 Å². The molecule has 0 unspecified atom stereocenters. The van der Waals surface area contributed by atoms with Gasteiger partial charge in [-0.25, -0.2) is 0 Å². The average Bonchev–Trinajstić information content (AvgIpc) is 2.30. The van der Waals surface area contributed by atoms with Crippen LogP contribution in [0.5, 0.6) is 0 Å². The normalized spacial score (nSPS) is 10.9. The lowest BCUT2D eigenvalue weighted by Gasteiger charge is -2.05. The summed E-state index contributed by atoms with van der Waals surface area (Å²) in [5.41, 5.74) is 7.99. The second-order valence-electron chi connectivity index (χ2n) is 4.20. The van der Waals surface area contributed by atoms with E-state index in [-0.39, 0.29) is 0 Å². The van der Waals surface area contributed by atoms with Gasteiger partial charge in [-0.3, -0.25) is 4.98 Å². The van der Waals surface area contributed by atoms with E-state index >= 15 is 0 Å². The highest BCUT2D eigenvalue weighted by molar-refractivity contribution is 5.84. The SMILES string of the molecule is Cc1nccc2ccc(CCCCN)cc12. The lowest BCUT2D eigenvalue weighted by Crippen LogP contribution is -1.99. The van der Waals surface area contributed by atoms with Crippen LogP contribution >= 0.6 is 0 Å². The summed E-state index contributed by atoms with van der Waals surface area (Å²) in [5, 5.41) is 2.54. The number of aromatic nitrogens is 1. The molecule has 1 heterocycles. The number of fused-ring (bicyclic) bond motifs is 1. The molecule has 16 heavy (non-hydrogen) atoms. The Labute approximate surface area is 96.5 Å². The van der Waals surface area contributed by atoms with Gasteiger partial charge < -0.3 is 5.73 Å². The molecule has 84 valence electrons. The summed E-state index contributed by atoms with van der Waals surface area (Å²) in [6.07, 6.45) is 5.25. The van der Waals surface area contributed by atoms with E-state index in [2.05, 4.69) is 36.2 Å². The quantitative estimate of drug-likeness (QED) is 0.795. The molecular weight excluding hydrogens is 196 g/mol. The molecule has 2 heteroatoms. The van der Waals surface area contributed by atoms with Gasteiger partial charge in [0.05, 0.1) is 0 Å². The van der Waals surface area contributed by atoms with Gasteiger partial charge in [-0.05, 0) is 55.8 Å². The fourth-order valence-electron chi connectivity index (χ4n) is 1.99. The molecule has 0 aliphatic heterocycles. The van der Waals surface area contributed by atoms with Crippen LogP contribution in [0.2, 0.25) is 0 Å². The fourth-order valence-corrected chi connectivity index (χ4v) is 1.99. The Morgan fingerprint density at radius 1 is 1.19 bits per heavy atom. The number of hydrogen-bond acceptors (Lipinski definition) is 2. The monoisotopic (exact) mass is 214 g/mol. The van der Waals surface area contributed by atoms with E-state index in [4.69, 9.17) is 5.73 Å². The minimum atomic E-state index is 0.786. The maximum absolute atomic E-state index is 5.50. The van der Waals surface area contributed by atoms with E-state index in [1.807, 2.05) is 6.20 Å². The number of nitrogens with zero attached hydrogens (tertiary/aromatic N) is 1. The molecular formula is C14H18N2. The molecule has 0 fully saturated rings. The Kier molecular flexibility index (Phi) is 3.52. The van der Waals surface area contributed by atoms with Crippen molar-refractivity contribution >= 4 is 10.8 Å². The second-order valence-corrected chi connectivity index (χ2v) is 4.20. The van der Waals surface area contributed by atoms with E-state index in [0.29, 0.717) is 0 Å². The third-order valence-electron chi connectivity index (χ3n) is 2.95. The molecule has 0 radical (unpaired) electrons. The van der Waals surface area contributed by atoms with Gasteiger partial charge in [0, 0.05) is 17.3 Å².